The molecule has 0 saturated heterocycles. The maximum absolute atomic E-state index is 7.32. The maximum atomic E-state index is 7.32. The first-order valence-electron chi connectivity index (χ1n) is 23.4. The molecule has 1 aliphatic carbocycles. The van der Waals surface area contributed by atoms with Gasteiger partial charge in [0.25, 0.3) is 0 Å². The monoisotopic (exact) mass is 868 g/mol. The summed E-state index contributed by atoms with van der Waals surface area (Å²) in [5.41, 5.74) is 15.5. The van der Waals surface area contributed by atoms with E-state index in [4.69, 9.17) is 17.7 Å². The fourth-order valence-electron chi connectivity index (χ4n) is 12.7. The molecule has 0 N–H and O–H groups in total. The molecule has 6 nitrogen and oxygen atoms in total. The highest BCUT2D eigenvalue weighted by atomic mass is 16.3. The number of nitrogens with zero attached hydrogens (tertiary/aromatic N) is 2. The third-order valence-electron chi connectivity index (χ3n) is 16.3. The summed E-state index contributed by atoms with van der Waals surface area (Å²) in [7, 11) is 0. The summed E-state index contributed by atoms with van der Waals surface area (Å²) in [6.07, 6.45) is 4.70. The Balaban J connectivity index is 0.909. The quantitative estimate of drug-likeness (QED) is 0.172. The minimum Gasteiger partial charge on any atom is -0.460 e. The standard InChI is InChI=1S/C61H44N2O4/c1-59(2)44-16-8-10-18-46(44)62(34-22-27-51-40(30-34)36-14-6-12-20-49(36)64-51)48-26-24-38-42-32-54-43(33-53(42)66-57(38)56(48)59)39-25-29-55-61(5,58(39)67-54)60(3,4)45-17-9-11-19-47(45)63(55)35-23-28-52-41(31-35)37-15-7-13-21-50(37)65-52/h6-33,55H,1-5H3. The number of benzene rings is 8. The van der Waals surface area contributed by atoms with Crippen molar-refractivity contribution in [2.24, 2.45) is 0 Å². The highest BCUT2D eigenvalue weighted by Gasteiger charge is 2.59. The molecule has 6 heterocycles. The van der Waals surface area contributed by atoms with Gasteiger partial charge in [0.2, 0.25) is 0 Å². The normalized spacial score (nSPS) is 19.1. The first-order valence-corrected chi connectivity index (χ1v) is 23.4. The van der Waals surface area contributed by atoms with Gasteiger partial charge < -0.3 is 27.5 Å². The Kier molecular flexibility index (Phi) is 6.94. The van der Waals surface area contributed by atoms with Gasteiger partial charge in [-0.25, -0.2) is 0 Å². The number of hydrogen-bond acceptors (Lipinski definition) is 6. The summed E-state index contributed by atoms with van der Waals surface area (Å²) < 4.78 is 27.1. The predicted octanol–water partition coefficient (Wildman–Crippen LogP) is 17.0. The molecule has 12 aromatic rings. The summed E-state index contributed by atoms with van der Waals surface area (Å²) in [6, 6.07) is 56.4. The molecule has 0 fully saturated rings. The second kappa shape index (κ2) is 12.5. The van der Waals surface area contributed by atoms with E-state index in [2.05, 4.69) is 190 Å². The first-order chi connectivity index (χ1) is 32.6. The Morgan fingerprint density at radius 1 is 0.433 bits per heavy atom. The average Bonchev–Trinajstić information content (AvgIpc) is 4.11. The number of anilines is 5. The number of fused-ring (bicyclic) bond motifs is 18. The van der Waals surface area contributed by atoms with Crippen LogP contribution in [-0.2, 0) is 16.2 Å². The molecule has 0 saturated carbocycles. The Labute approximate surface area is 385 Å². The van der Waals surface area contributed by atoms with Crippen LogP contribution in [0.3, 0.4) is 0 Å². The van der Waals surface area contributed by atoms with Crippen molar-refractivity contribution >= 4 is 111 Å². The summed E-state index contributed by atoms with van der Waals surface area (Å²) in [4.78, 5) is 4.92. The maximum Gasteiger partial charge on any atom is 0.141 e. The van der Waals surface area contributed by atoms with Crippen molar-refractivity contribution in [3.8, 4) is 0 Å². The topological polar surface area (TPSA) is 59.0 Å². The van der Waals surface area contributed by atoms with E-state index in [0.717, 1.165) is 116 Å². The molecule has 0 bridgehead atoms. The van der Waals surface area contributed by atoms with Crippen LogP contribution in [0.2, 0.25) is 0 Å². The van der Waals surface area contributed by atoms with Crippen LogP contribution in [0, 0.1) is 0 Å². The minimum absolute atomic E-state index is 0.0441. The number of furan rings is 4. The van der Waals surface area contributed by atoms with Gasteiger partial charge in [-0.1, -0.05) is 113 Å². The van der Waals surface area contributed by atoms with E-state index in [-0.39, 0.29) is 16.9 Å². The molecule has 2 atom stereocenters. The van der Waals surface area contributed by atoms with Crippen LogP contribution in [0.1, 0.15) is 62.6 Å². The first kappa shape index (κ1) is 37.3. The van der Waals surface area contributed by atoms with Crippen molar-refractivity contribution in [3.05, 3.63) is 192 Å². The van der Waals surface area contributed by atoms with Crippen molar-refractivity contribution in [2.45, 2.75) is 56.9 Å². The Morgan fingerprint density at radius 2 is 1.01 bits per heavy atom. The van der Waals surface area contributed by atoms with Crippen molar-refractivity contribution in [2.75, 3.05) is 9.80 Å². The van der Waals surface area contributed by atoms with E-state index in [1.165, 1.54) is 16.8 Å². The third kappa shape index (κ3) is 4.60. The highest BCUT2D eigenvalue weighted by molar-refractivity contribution is 6.14. The zero-order valence-corrected chi connectivity index (χ0v) is 37.8. The van der Waals surface area contributed by atoms with Crippen molar-refractivity contribution in [1.29, 1.82) is 0 Å². The fourth-order valence-corrected chi connectivity index (χ4v) is 12.7. The lowest BCUT2D eigenvalue weighted by Crippen LogP contribution is -2.61. The highest BCUT2D eigenvalue weighted by Crippen LogP contribution is 2.61. The van der Waals surface area contributed by atoms with Gasteiger partial charge in [-0.2, -0.15) is 0 Å². The zero-order valence-electron chi connectivity index (χ0n) is 37.8. The number of para-hydroxylation sites is 4. The van der Waals surface area contributed by atoms with Gasteiger partial charge in [-0.3, -0.25) is 0 Å². The summed E-state index contributed by atoms with van der Waals surface area (Å²) >= 11 is 0. The molecule has 3 aliphatic rings. The lowest BCUT2D eigenvalue weighted by Gasteiger charge is -2.57. The third-order valence-corrected chi connectivity index (χ3v) is 16.3. The van der Waals surface area contributed by atoms with Crippen LogP contribution in [-0.4, -0.2) is 6.04 Å². The summed E-state index contributed by atoms with van der Waals surface area (Å²) in [6.45, 7) is 11.8. The van der Waals surface area contributed by atoms with E-state index in [1.54, 1.807) is 0 Å². The molecular weight excluding hydrogens is 825 g/mol. The van der Waals surface area contributed by atoms with Gasteiger partial charge >= 0.3 is 0 Å². The van der Waals surface area contributed by atoms with Gasteiger partial charge in [-0.15, -0.1) is 0 Å². The largest absolute Gasteiger partial charge is 0.460 e. The zero-order chi connectivity index (χ0) is 44.7. The van der Waals surface area contributed by atoms with Gasteiger partial charge in [0.05, 0.1) is 22.8 Å². The van der Waals surface area contributed by atoms with E-state index >= 15 is 0 Å². The van der Waals surface area contributed by atoms with E-state index < -0.39 is 5.41 Å². The average molecular weight is 869 g/mol. The summed E-state index contributed by atoms with van der Waals surface area (Å²) in [5, 5.41) is 7.63. The van der Waals surface area contributed by atoms with E-state index in [1.807, 2.05) is 24.3 Å². The molecule has 4 aromatic heterocycles. The van der Waals surface area contributed by atoms with Crippen LogP contribution >= 0.6 is 0 Å². The smallest absolute Gasteiger partial charge is 0.141 e. The molecule has 15 rings (SSSR count). The van der Waals surface area contributed by atoms with Crippen LogP contribution in [0.25, 0.3) is 82.9 Å². The molecule has 6 heteroatoms. The molecular formula is C61H44N2O4. The Morgan fingerprint density at radius 3 is 1.76 bits per heavy atom. The predicted molar refractivity (Wildman–Crippen MR) is 273 cm³/mol. The van der Waals surface area contributed by atoms with Gasteiger partial charge in [0, 0.05) is 76.7 Å². The molecule has 8 aromatic carbocycles. The molecule has 67 heavy (non-hydrogen) atoms. The number of rotatable bonds is 2. The second-order valence-electron chi connectivity index (χ2n) is 20.2. The van der Waals surface area contributed by atoms with Crippen molar-refractivity contribution in [3.63, 3.8) is 0 Å². The second-order valence-corrected chi connectivity index (χ2v) is 20.2. The van der Waals surface area contributed by atoms with Crippen LogP contribution in [0.15, 0.2) is 181 Å². The van der Waals surface area contributed by atoms with Crippen molar-refractivity contribution in [1.82, 2.24) is 0 Å². The molecule has 322 valence electrons. The van der Waals surface area contributed by atoms with Crippen molar-refractivity contribution < 1.29 is 17.7 Å². The lowest BCUT2D eigenvalue weighted by molar-refractivity contribution is 0.198. The van der Waals surface area contributed by atoms with Gasteiger partial charge in [-0.05, 0) is 103 Å². The Hall–Kier alpha value is -7.96. The van der Waals surface area contributed by atoms with Crippen LogP contribution < -0.4 is 9.80 Å². The molecule has 2 aliphatic heterocycles. The molecule has 2 unspecified atom stereocenters. The molecule has 0 spiro atoms. The molecule has 0 amide bonds. The fraction of sp³-hybridized carbons (Fsp3) is 0.148. The lowest BCUT2D eigenvalue weighted by atomic mass is 9.53. The summed E-state index contributed by atoms with van der Waals surface area (Å²) in [5.74, 6) is 0.999. The van der Waals surface area contributed by atoms with E-state index in [9.17, 15) is 0 Å². The van der Waals surface area contributed by atoms with Gasteiger partial charge in [0.1, 0.15) is 44.8 Å². The van der Waals surface area contributed by atoms with Gasteiger partial charge in [0.15, 0.2) is 0 Å². The molecule has 0 radical (unpaired) electrons. The Bertz CT molecular complexity index is 4170. The van der Waals surface area contributed by atoms with E-state index in [0.29, 0.717) is 0 Å². The van der Waals surface area contributed by atoms with Crippen LogP contribution in [0.5, 0.6) is 0 Å². The minimum atomic E-state index is -0.465. The SMILES string of the molecule is CC1(C)c2ccccc2N(c2ccc3oc4ccccc4c3c2)c2ccc3c(oc4cc5c6c(oc5cc43)C3(C)C(C=C6)N(c4ccc5oc6ccccc6c5c4)c4ccccc4C3(C)C)c21. The van der Waals surface area contributed by atoms with Crippen LogP contribution in [0.4, 0.5) is 28.4 Å². The number of hydrogen-bond donors (Lipinski definition) is 0.